The van der Waals surface area contributed by atoms with E-state index in [9.17, 15) is 0 Å². The maximum atomic E-state index is 3.63. The van der Waals surface area contributed by atoms with Crippen molar-refractivity contribution in [3.05, 3.63) is 0 Å². The van der Waals surface area contributed by atoms with E-state index in [0.29, 0.717) is 0 Å². The van der Waals surface area contributed by atoms with Crippen LogP contribution in [0.3, 0.4) is 0 Å². The Balaban J connectivity index is 2.15. The van der Waals surface area contributed by atoms with Crippen LogP contribution in [-0.4, -0.2) is 36.6 Å². The minimum Gasteiger partial charge on any atom is -0.314 e. The van der Waals surface area contributed by atoms with Gasteiger partial charge in [0.05, 0.1) is 0 Å². The van der Waals surface area contributed by atoms with Gasteiger partial charge in [-0.05, 0) is 58.7 Å². The monoisotopic (exact) mass is 240 g/mol. The lowest BCUT2D eigenvalue weighted by atomic mass is 10.1. The minimum atomic E-state index is 0.749. The average molecular weight is 240 g/mol. The summed E-state index contributed by atoms with van der Waals surface area (Å²) >= 11 is 0. The quantitative estimate of drug-likeness (QED) is 0.595. The lowest BCUT2D eigenvalue weighted by Gasteiger charge is -2.29. The van der Waals surface area contributed by atoms with Gasteiger partial charge in [-0.3, -0.25) is 0 Å². The minimum absolute atomic E-state index is 0.749. The molecule has 0 heterocycles. The van der Waals surface area contributed by atoms with E-state index in [4.69, 9.17) is 0 Å². The number of rotatable bonds is 11. The highest BCUT2D eigenvalue weighted by molar-refractivity contribution is 4.81. The van der Waals surface area contributed by atoms with Gasteiger partial charge in [0.25, 0.3) is 0 Å². The summed E-state index contributed by atoms with van der Waals surface area (Å²) in [6.45, 7) is 10.8. The second kappa shape index (κ2) is 8.93. The molecule has 1 unspecified atom stereocenters. The summed E-state index contributed by atoms with van der Waals surface area (Å²) in [6.07, 6.45) is 9.46. The van der Waals surface area contributed by atoms with Crippen LogP contribution in [0.5, 0.6) is 0 Å². The van der Waals surface area contributed by atoms with Gasteiger partial charge in [-0.25, -0.2) is 0 Å². The first-order valence-electron chi connectivity index (χ1n) is 7.75. The maximum absolute atomic E-state index is 3.63. The van der Waals surface area contributed by atoms with Gasteiger partial charge in [-0.15, -0.1) is 0 Å². The van der Waals surface area contributed by atoms with E-state index in [1.165, 1.54) is 64.6 Å². The summed E-state index contributed by atoms with van der Waals surface area (Å²) in [7, 11) is 0. The fourth-order valence-electron chi connectivity index (χ4n) is 2.24. The molecule has 0 amide bonds. The molecule has 0 aromatic carbocycles. The zero-order valence-electron chi connectivity index (χ0n) is 12.2. The molecule has 1 fully saturated rings. The van der Waals surface area contributed by atoms with Gasteiger partial charge in [0.15, 0.2) is 0 Å². The van der Waals surface area contributed by atoms with Gasteiger partial charge in [0, 0.05) is 12.1 Å². The van der Waals surface area contributed by atoms with E-state index in [2.05, 4.69) is 31.0 Å². The normalized spacial score (nSPS) is 17.6. The molecular weight excluding hydrogens is 208 g/mol. The highest BCUT2D eigenvalue weighted by Gasteiger charge is 2.20. The summed E-state index contributed by atoms with van der Waals surface area (Å²) < 4.78 is 0. The second-order valence-corrected chi connectivity index (χ2v) is 5.61. The standard InChI is InChI=1S/C15H32N2/c1-4-6-12-17(13-7-5-2)14(3)10-11-16-15-8-9-15/h14-16H,4-13H2,1-3H3. The lowest BCUT2D eigenvalue weighted by molar-refractivity contribution is 0.193. The second-order valence-electron chi connectivity index (χ2n) is 5.61. The summed E-state index contributed by atoms with van der Waals surface area (Å²) in [5, 5.41) is 3.63. The third kappa shape index (κ3) is 7.05. The first-order chi connectivity index (χ1) is 8.27. The number of nitrogens with zero attached hydrogens (tertiary/aromatic N) is 1. The molecule has 1 aliphatic carbocycles. The fourth-order valence-corrected chi connectivity index (χ4v) is 2.24. The molecule has 1 atom stereocenters. The van der Waals surface area contributed by atoms with Crippen LogP contribution in [0.25, 0.3) is 0 Å². The molecule has 2 heteroatoms. The third-order valence-corrected chi connectivity index (χ3v) is 3.79. The van der Waals surface area contributed by atoms with Crippen molar-refractivity contribution in [2.45, 2.75) is 77.8 Å². The molecule has 17 heavy (non-hydrogen) atoms. The SMILES string of the molecule is CCCCN(CCCC)C(C)CCNC1CC1. The molecule has 1 saturated carbocycles. The third-order valence-electron chi connectivity index (χ3n) is 3.79. The lowest BCUT2D eigenvalue weighted by Crippen LogP contribution is -2.37. The van der Waals surface area contributed by atoms with Crippen LogP contribution in [0.1, 0.15) is 65.7 Å². The molecule has 1 N–H and O–H groups in total. The van der Waals surface area contributed by atoms with Crippen molar-refractivity contribution in [1.82, 2.24) is 10.2 Å². The molecule has 0 bridgehead atoms. The van der Waals surface area contributed by atoms with Crippen LogP contribution >= 0.6 is 0 Å². The molecular formula is C15H32N2. The predicted molar refractivity (Wildman–Crippen MR) is 76.5 cm³/mol. The molecule has 0 aromatic rings. The van der Waals surface area contributed by atoms with E-state index in [-0.39, 0.29) is 0 Å². The van der Waals surface area contributed by atoms with Crippen LogP contribution in [0, 0.1) is 0 Å². The Morgan fingerprint density at radius 1 is 1.12 bits per heavy atom. The van der Waals surface area contributed by atoms with Crippen LogP contribution in [-0.2, 0) is 0 Å². The number of hydrogen-bond acceptors (Lipinski definition) is 2. The van der Waals surface area contributed by atoms with Crippen molar-refractivity contribution in [2.24, 2.45) is 0 Å². The summed E-state index contributed by atoms with van der Waals surface area (Å²) in [5.41, 5.74) is 0. The summed E-state index contributed by atoms with van der Waals surface area (Å²) in [5.74, 6) is 0. The molecule has 0 aromatic heterocycles. The highest BCUT2D eigenvalue weighted by Crippen LogP contribution is 2.18. The number of unbranched alkanes of at least 4 members (excludes halogenated alkanes) is 2. The van der Waals surface area contributed by atoms with Crippen LogP contribution in [0.15, 0.2) is 0 Å². The Morgan fingerprint density at radius 2 is 1.71 bits per heavy atom. The maximum Gasteiger partial charge on any atom is 0.00790 e. The number of hydrogen-bond donors (Lipinski definition) is 1. The van der Waals surface area contributed by atoms with Crippen LogP contribution < -0.4 is 5.32 Å². The van der Waals surface area contributed by atoms with Gasteiger partial charge >= 0.3 is 0 Å². The Kier molecular flexibility index (Phi) is 7.87. The van der Waals surface area contributed by atoms with Crippen molar-refractivity contribution in [1.29, 1.82) is 0 Å². The van der Waals surface area contributed by atoms with Gasteiger partial charge < -0.3 is 10.2 Å². The summed E-state index contributed by atoms with van der Waals surface area (Å²) in [6, 6.07) is 1.61. The first-order valence-corrected chi connectivity index (χ1v) is 7.75. The molecule has 0 radical (unpaired) electrons. The zero-order valence-corrected chi connectivity index (χ0v) is 12.2. The topological polar surface area (TPSA) is 15.3 Å². The van der Waals surface area contributed by atoms with Crippen LogP contribution in [0.4, 0.5) is 0 Å². The Morgan fingerprint density at radius 3 is 2.18 bits per heavy atom. The van der Waals surface area contributed by atoms with Gasteiger partial charge in [0.2, 0.25) is 0 Å². The van der Waals surface area contributed by atoms with Gasteiger partial charge in [-0.1, -0.05) is 26.7 Å². The largest absolute Gasteiger partial charge is 0.314 e. The van der Waals surface area contributed by atoms with E-state index in [1.54, 1.807) is 0 Å². The zero-order chi connectivity index (χ0) is 12.5. The molecule has 1 aliphatic rings. The van der Waals surface area contributed by atoms with Crippen molar-refractivity contribution >= 4 is 0 Å². The van der Waals surface area contributed by atoms with E-state index in [0.717, 1.165) is 12.1 Å². The Hall–Kier alpha value is -0.0800. The molecule has 0 spiro atoms. The Bertz CT molecular complexity index is 170. The van der Waals surface area contributed by atoms with Crippen molar-refractivity contribution in [3.63, 3.8) is 0 Å². The first kappa shape index (κ1) is 15.0. The van der Waals surface area contributed by atoms with Crippen LogP contribution in [0.2, 0.25) is 0 Å². The molecule has 102 valence electrons. The molecule has 1 rings (SSSR count). The van der Waals surface area contributed by atoms with Gasteiger partial charge in [0.1, 0.15) is 0 Å². The van der Waals surface area contributed by atoms with E-state index in [1.807, 2.05) is 0 Å². The summed E-state index contributed by atoms with van der Waals surface area (Å²) in [4.78, 5) is 2.70. The van der Waals surface area contributed by atoms with E-state index < -0.39 is 0 Å². The average Bonchev–Trinajstić information content (AvgIpc) is 3.13. The Labute approximate surface area is 108 Å². The van der Waals surface area contributed by atoms with Gasteiger partial charge in [-0.2, -0.15) is 0 Å². The molecule has 0 saturated heterocycles. The number of nitrogens with one attached hydrogen (secondary N) is 1. The van der Waals surface area contributed by atoms with Crippen molar-refractivity contribution < 1.29 is 0 Å². The molecule has 2 nitrogen and oxygen atoms in total. The van der Waals surface area contributed by atoms with E-state index >= 15 is 0 Å². The fraction of sp³-hybridized carbons (Fsp3) is 1.00. The van der Waals surface area contributed by atoms with Crippen molar-refractivity contribution in [3.8, 4) is 0 Å². The highest BCUT2D eigenvalue weighted by atomic mass is 15.1. The molecule has 0 aliphatic heterocycles. The smallest absolute Gasteiger partial charge is 0.00790 e. The predicted octanol–water partition coefficient (Wildman–Crippen LogP) is 3.42. The van der Waals surface area contributed by atoms with Crippen molar-refractivity contribution in [2.75, 3.05) is 19.6 Å².